The molecule has 1 saturated carbocycles. The minimum absolute atomic E-state index is 0.0545. The van der Waals surface area contributed by atoms with Gasteiger partial charge in [-0.1, -0.05) is 60.7 Å². The molecule has 1 spiro atoms. The average molecular weight is 351 g/mol. The molecule has 1 atom stereocenters. The summed E-state index contributed by atoms with van der Waals surface area (Å²) in [5, 5.41) is 3.69. The highest BCUT2D eigenvalue weighted by atomic mass is 16.5. The van der Waals surface area contributed by atoms with E-state index >= 15 is 0 Å². The topological polar surface area (TPSA) is 24.5 Å². The molecule has 4 rings (SSSR count). The maximum Gasteiger partial charge on any atom is 0.119 e. The van der Waals surface area contributed by atoms with Crippen molar-refractivity contribution in [2.24, 2.45) is 0 Å². The molecule has 1 N–H and O–H groups in total. The Balaban J connectivity index is 1.46. The van der Waals surface area contributed by atoms with Gasteiger partial charge < -0.3 is 4.74 Å². The van der Waals surface area contributed by atoms with Crippen LogP contribution in [0.4, 0.5) is 0 Å². The van der Waals surface area contributed by atoms with Crippen molar-refractivity contribution in [2.75, 3.05) is 6.61 Å². The van der Waals surface area contributed by atoms with Crippen LogP contribution in [0.1, 0.15) is 43.7 Å². The Morgan fingerprint density at radius 2 is 1.46 bits per heavy atom. The van der Waals surface area contributed by atoms with Gasteiger partial charge in [-0.3, -0.25) is 10.2 Å². The second-order valence-corrected chi connectivity index (χ2v) is 7.96. The third-order valence-corrected chi connectivity index (χ3v) is 5.86. The first-order valence-electron chi connectivity index (χ1n) is 9.96. The van der Waals surface area contributed by atoms with Crippen LogP contribution in [0.15, 0.2) is 60.7 Å². The molecule has 3 nitrogen and oxygen atoms in total. The Morgan fingerprint density at radius 1 is 0.923 bits per heavy atom. The Morgan fingerprint density at radius 3 is 1.92 bits per heavy atom. The zero-order valence-electron chi connectivity index (χ0n) is 15.7. The second-order valence-electron chi connectivity index (χ2n) is 7.96. The van der Waals surface area contributed by atoms with Gasteiger partial charge in [0.2, 0.25) is 0 Å². The number of ether oxygens (including phenoxy) is 1. The fraction of sp³-hybridized carbons (Fsp3) is 0.478. The van der Waals surface area contributed by atoms with Gasteiger partial charge in [0.15, 0.2) is 0 Å². The predicted octanol–water partition coefficient (Wildman–Crippen LogP) is 4.34. The number of rotatable bonds is 5. The monoisotopic (exact) mass is 350 g/mol. The van der Waals surface area contributed by atoms with E-state index in [1.807, 2.05) is 0 Å². The van der Waals surface area contributed by atoms with Crippen molar-refractivity contribution in [3.8, 4) is 0 Å². The maximum absolute atomic E-state index is 6.13. The Hall–Kier alpha value is -1.68. The summed E-state index contributed by atoms with van der Waals surface area (Å²) >= 11 is 0. The maximum atomic E-state index is 6.13. The summed E-state index contributed by atoms with van der Waals surface area (Å²) in [6.45, 7) is 5.09. The number of nitrogens with zero attached hydrogens (tertiary/aromatic N) is 1. The molecule has 1 heterocycles. The summed E-state index contributed by atoms with van der Waals surface area (Å²) in [6, 6.07) is 22.8. The van der Waals surface area contributed by atoms with E-state index in [9.17, 15) is 0 Å². The Bertz CT molecular complexity index is 638. The fourth-order valence-electron chi connectivity index (χ4n) is 4.49. The molecule has 1 aliphatic heterocycles. The zero-order chi connectivity index (χ0) is 17.8. The molecule has 26 heavy (non-hydrogen) atoms. The van der Waals surface area contributed by atoms with E-state index in [2.05, 4.69) is 77.8 Å². The van der Waals surface area contributed by atoms with E-state index in [-0.39, 0.29) is 5.72 Å². The van der Waals surface area contributed by atoms with Crippen LogP contribution < -0.4 is 5.32 Å². The van der Waals surface area contributed by atoms with Crippen molar-refractivity contribution in [2.45, 2.75) is 63.5 Å². The number of nitrogens with one attached hydrogen (secondary N) is 1. The van der Waals surface area contributed by atoms with E-state index in [4.69, 9.17) is 4.74 Å². The van der Waals surface area contributed by atoms with Crippen LogP contribution in [-0.2, 0) is 17.8 Å². The zero-order valence-corrected chi connectivity index (χ0v) is 15.7. The minimum atomic E-state index is -0.0545. The second kappa shape index (κ2) is 7.91. The summed E-state index contributed by atoms with van der Waals surface area (Å²) < 4.78 is 6.13. The normalized spacial score (nSPS) is 28.7. The summed E-state index contributed by atoms with van der Waals surface area (Å²) in [4.78, 5) is 2.66. The first kappa shape index (κ1) is 17.7. The number of hydrogen-bond donors (Lipinski definition) is 1. The standard InChI is InChI=1S/C23H30N2O/c1-19-18-26-23(24-19)14-12-22(13-15-23)25(16-20-8-4-2-5-9-20)17-21-10-6-3-7-11-21/h2-11,19,22,24H,12-18H2,1H3. The first-order chi connectivity index (χ1) is 12.7. The molecule has 2 aliphatic rings. The van der Waals surface area contributed by atoms with Gasteiger partial charge in [-0.25, -0.2) is 0 Å². The Labute approximate surface area is 157 Å². The van der Waals surface area contributed by atoms with Crippen molar-refractivity contribution in [1.29, 1.82) is 0 Å². The molecular weight excluding hydrogens is 320 g/mol. The van der Waals surface area contributed by atoms with Crippen molar-refractivity contribution < 1.29 is 4.74 Å². The molecule has 0 aromatic heterocycles. The van der Waals surface area contributed by atoms with Gasteiger partial charge in [-0.2, -0.15) is 0 Å². The lowest BCUT2D eigenvalue weighted by molar-refractivity contribution is -0.0568. The van der Waals surface area contributed by atoms with Crippen LogP contribution in [0.3, 0.4) is 0 Å². The highest BCUT2D eigenvalue weighted by Crippen LogP contribution is 2.36. The summed E-state index contributed by atoms with van der Waals surface area (Å²) in [6.07, 6.45) is 4.61. The molecule has 2 aromatic rings. The summed E-state index contributed by atoms with van der Waals surface area (Å²) in [7, 11) is 0. The fourth-order valence-corrected chi connectivity index (χ4v) is 4.49. The summed E-state index contributed by atoms with van der Waals surface area (Å²) in [5.74, 6) is 0. The van der Waals surface area contributed by atoms with Gasteiger partial charge in [0.05, 0.1) is 6.61 Å². The van der Waals surface area contributed by atoms with Gasteiger partial charge in [-0.15, -0.1) is 0 Å². The van der Waals surface area contributed by atoms with Gasteiger partial charge >= 0.3 is 0 Å². The largest absolute Gasteiger partial charge is 0.359 e. The Kier molecular flexibility index (Phi) is 5.39. The van der Waals surface area contributed by atoms with Crippen LogP contribution in [0.2, 0.25) is 0 Å². The van der Waals surface area contributed by atoms with Crippen LogP contribution in [0.5, 0.6) is 0 Å². The van der Waals surface area contributed by atoms with Crippen LogP contribution in [0.25, 0.3) is 0 Å². The lowest BCUT2D eigenvalue weighted by Gasteiger charge is -2.41. The highest BCUT2D eigenvalue weighted by molar-refractivity contribution is 5.17. The third kappa shape index (κ3) is 4.17. The van der Waals surface area contributed by atoms with E-state index in [1.54, 1.807) is 0 Å². The van der Waals surface area contributed by atoms with Crippen molar-refractivity contribution in [3.05, 3.63) is 71.8 Å². The lowest BCUT2D eigenvalue weighted by Crippen LogP contribution is -2.50. The first-order valence-corrected chi connectivity index (χ1v) is 9.96. The van der Waals surface area contributed by atoms with Crippen molar-refractivity contribution in [1.82, 2.24) is 10.2 Å². The summed E-state index contributed by atoms with van der Waals surface area (Å²) in [5.41, 5.74) is 2.74. The predicted molar refractivity (Wildman–Crippen MR) is 106 cm³/mol. The molecule has 3 heteroatoms. The van der Waals surface area contributed by atoms with Crippen LogP contribution in [0, 0.1) is 0 Å². The molecule has 0 radical (unpaired) electrons. The van der Waals surface area contributed by atoms with Gasteiger partial charge in [0.25, 0.3) is 0 Å². The van der Waals surface area contributed by atoms with Crippen molar-refractivity contribution >= 4 is 0 Å². The molecule has 2 fully saturated rings. The molecule has 0 bridgehead atoms. The van der Waals surface area contributed by atoms with E-state index in [0.29, 0.717) is 12.1 Å². The van der Waals surface area contributed by atoms with Gasteiger partial charge in [0.1, 0.15) is 5.72 Å². The smallest absolute Gasteiger partial charge is 0.119 e. The molecular formula is C23H30N2O. The SMILES string of the molecule is CC1COC2(CCC(N(Cc3ccccc3)Cc3ccccc3)CC2)N1. The van der Waals surface area contributed by atoms with E-state index in [0.717, 1.165) is 32.5 Å². The molecule has 1 unspecified atom stereocenters. The molecule has 1 saturated heterocycles. The average Bonchev–Trinajstić information content (AvgIpc) is 3.04. The minimum Gasteiger partial charge on any atom is -0.359 e. The quantitative estimate of drug-likeness (QED) is 0.868. The van der Waals surface area contributed by atoms with Crippen molar-refractivity contribution in [3.63, 3.8) is 0 Å². The lowest BCUT2D eigenvalue weighted by atomic mass is 9.86. The van der Waals surface area contributed by atoms with Gasteiger partial charge in [0, 0.05) is 25.2 Å². The highest BCUT2D eigenvalue weighted by Gasteiger charge is 2.42. The van der Waals surface area contributed by atoms with Gasteiger partial charge in [-0.05, 0) is 43.7 Å². The van der Waals surface area contributed by atoms with E-state index < -0.39 is 0 Å². The molecule has 2 aromatic carbocycles. The third-order valence-electron chi connectivity index (χ3n) is 5.86. The van der Waals surface area contributed by atoms with Crippen LogP contribution in [-0.4, -0.2) is 29.3 Å². The van der Waals surface area contributed by atoms with Crippen LogP contribution >= 0.6 is 0 Å². The molecule has 138 valence electrons. The number of benzene rings is 2. The van der Waals surface area contributed by atoms with E-state index in [1.165, 1.54) is 24.0 Å². The number of hydrogen-bond acceptors (Lipinski definition) is 3. The molecule has 1 aliphatic carbocycles. The molecule has 0 amide bonds.